The molecule has 2 rings (SSSR count). The SMILES string of the molecule is Cc1ccc(CNC(=O)N2CCN(C(=O)N(C)C)CC2)cc1F. The van der Waals surface area contributed by atoms with Crippen LogP contribution in [0.1, 0.15) is 11.1 Å². The molecule has 6 nitrogen and oxygen atoms in total. The number of aryl methyl sites for hydroxylation is 1. The number of hydrogen-bond acceptors (Lipinski definition) is 2. The standard InChI is InChI=1S/C16H23FN4O2/c1-12-4-5-13(10-14(12)17)11-18-15(22)20-6-8-21(9-7-20)16(23)19(2)3/h4-5,10H,6-9,11H2,1-3H3,(H,18,22). The van der Waals surface area contributed by atoms with Gasteiger partial charge in [0.15, 0.2) is 0 Å². The van der Waals surface area contributed by atoms with Crippen LogP contribution in [-0.2, 0) is 6.54 Å². The Morgan fingerprint density at radius 1 is 1.17 bits per heavy atom. The first-order valence-corrected chi connectivity index (χ1v) is 7.62. The van der Waals surface area contributed by atoms with Crippen LogP contribution in [0.3, 0.4) is 0 Å². The fourth-order valence-corrected chi connectivity index (χ4v) is 2.42. The van der Waals surface area contributed by atoms with Crippen molar-refractivity contribution >= 4 is 12.1 Å². The summed E-state index contributed by atoms with van der Waals surface area (Å²) in [5.74, 6) is -0.271. The monoisotopic (exact) mass is 322 g/mol. The molecule has 1 aromatic rings. The second-order valence-corrected chi connectivity index (χ2v) is 5.89. The van der Waals surface area contributed by atoms with E-state index in [4.69, 9.17) is 0 Å². The zero-order valence-electron chi connectivity index (χ0n) is 13.8. The molecule has 1 fully saturated rings. The molecule has 126 valence electrons. The fourth-order valence-electron chi connectivity index (χ4n) is 2.42. The predicted molar refractivity (Wildman–Crippen MR) is 85.6 cm³/mol. The van der Waals surface area contributed by atoms with Crippen LogP contribution < -0.4 is 5.32 Å². The first kappa shape index (κ1) is 17.1. The highest BCUT2D eigenvalue weighted by atomic mass is 19.1. The third-order valence-electron chi connectivity index (χ3n) is 3.90. The minimum atomic E-state index is -0.271. The van der Waals surface area contributed by atoms with Crippen molar-refractivity contribution in [3.63, 3.8) is 0 Å². The number of benzene rings is 1. The van der Waals surface area contributed by atoms with Crippen molar-refractivity contribution in [3.8, 4) is 0 Å². The van der Waals surface area contributed by atoms with Gasteiger partial charge in [0.25, 0.3) is 0 Å². The summed E-state index contributed by atoms with van der Waals surface area (Å²) in [6.07, 6.45) is 0. The summed E-state index contributed by atoms with van der Waals surface area (Å²) >= 11 is 0. The summed E-state index contributed by atoms with van der Waals surface area (Å²) in [6.45, 7) is 4.01. The number of halogens is 1. The van der Waals surface area contributed by atoms with Gasteiger partial charge in [-0.25, -0.2) is 14.0 Å². The topological polar surface area (TPSA) is 55.9 Å². The average molecular weight is 322 g/mol. The van der Waals surface area contributed by atoms with E-state index in [1.807, 2.05) is 0 Å². The number of carbonyl (C=O) groups is 2. The van der Waals surface area contributed by atoms with E-state index in [0.29, 0.717) is 31.7 Å². The Bertz CT molecular complexity index is 583. The number of hydrogen-bond donors (Lipinski definition) is 1. The Morgan fingerprint density at radius 3 is 2.35 bits per heavy atom. The molecule has 23 heavy (non-hydrogen) atoms. The van der Waals surface area contributed by atoms with E-state index in [1.54, 1.807) is 43.0 Å². The third-order valence-corrected chi connectivity index (χ3v) is 3.90. The van der Waals surface area contributed by atoms with Gasteiger partial charge in [0, 0.05) is 46.8 Å². The normalized spacial score (nSPS) is 14.6. The van der Waals surface area contributed by atoms with Crippen molar-refractivity contribution in [2.24, 2.45) is 0 Å². The van der Waals surface area contributed by atoms with Gasteiger partial charge in [0.2, 0.25) is 0 Å². The van der Waals surface area contributed by atoms with Gasteiger partial charge in [0.05, 0.1) is 0 Å². The second kappa shape index (κ2) is 7.30. The number of amides is 4. The molecule has 1 aromatic carbocycles. The molecule has 0 radical (unpaired) electrons. The van der Waals surface area contributed by atoms with Crippen molar-refractivity contribution in [1.82, 2.24) is 20.0 Å². The van der Waals surface area contributed by atoms with Gasteiger partial charge in [-0.1, -0.05) is 12.1 Å². The van der Waals surface area contributed by atoms with E-state index < -0.39 is 0 Å². The van der Waals surface area contributed by atoms with E-state index in [0.717, 1.165) is 5.56 Å². The summed E-state index contributed by atoms with van der Waals surface area (Å²) < 4.78 is 13.5. The highest BCUT2D eigenvalue weighted by Gasteiger charge is 2.24. The second-order valence-electron chi connectivity index (χ2n) is 5.89. The molecule has 1 N–H and O–H groups in total. The molecule has 0 atom stereocenters. The van der Waals surface area contributed by atoms with Gasteiger partial charge in [-0.15, -0.1) is 0 Å². The Balaban J connectivity index is 1.81. The van der Waals surface area contributed by atoms with Gasteiger partial charge in [-0.05, 0) is 24.1 Å². The van der Waals surface area contributed by atoms with Crippen LogP contribution in [0.5, 0.6) is 0 Å². The molecule has 1 aliphatic rings. The number of nitrogens with zero attached hydrogens (tertiary/aromatic N) is 3. The first-order chi connectivity index (χ1) is 10.9. The Labute approximate surface area is 135 Å². The fraction of sp³-hybridized carbons (Fsp3) is 0.500. The van der Waals surface area contributed by atoms with Crippen molar-refractivity contribution in [3.05, 3.63) is 35.1 Å². The van der Waals surface area contributed by atoms with Gasteiger partial charge in [-0.3, -0.25) is 0 Å². The van der Waals surface area contributed by atoms with Crippen LogP contribution in [-0.4, -0.2) is 67.0 Å². The molecule has 0 bridgehead atoms. The summed E-state index contributed by atoms with van der Waals surface area (Å²) in [5.41, 5.74) is 1.31. The van der Waals surface area contributed by atoms with Crippen LogP contribution in [0.2, 0.25) is 0 Å². The summed E-state index contributed by atoms with van der Waals surface area (Å²) in [7, 11) is 3.42. The number of rotatable bonds is 2. The first-order valence-electron chi connectivity index (χ1n) is 7.62. The van der Waals surface area contributed by atoms with Crippen LogP contribution >= 0.6 is 0 Å². The summed E-state index contributed by atoms with van der Waals surface area (Å²) in [6, 6.07) is 4.70. The molecular formula is C16H23FN4O2. The lowest BCUT2D eigenvalue weighted by Gasteiger charge is -2.35. The highest BCUT2D eigenvalue weighted by molar-refractivity contribution is 5.76. The average Bonchev–Trinajstić information content (AvgIpc) is 2.55. The van der Waals surface area contributed by atoms with E-state index in [1.165, 1.54) is 11.0 Å². The molecular weight excluding hydrogens is 299 g/mol. The minimum Gasteiger partial charge on any atom is -0.334 e. The lowest BCUT2D eigenvalue weighted by molar-refractivity contribution is 0.128. The van der Waals surface area contributed by atoms with Crippen LogP contribution in [0.4, 0.5) is 14.0 Å². The molecule has 0 aromatic heterocycles. The van der Waals surface area contributed by atoms with E-state index in [-0.39, 0.29) is 24.4 Å². The molecule has 0 spiro atoms. The Kier molecular flexibility index (Phi) is 5.41. The molecule has 4 amide bonds. The Morgan fingerprint density at radius 2 is 1.78 bits per heavy atom. The third kappa shape index (κ3) is 4.34. The van der Waals surface area contributed by atoms with Gasteiger partial charge < -0.3 is 20.0 Å². The molecule has 0 aliphatic carbocycles. The van der Waals surface area contributed by atoms with Crippen molar-refractivity contribution in [2.45, 2.75) is 13.5 Å². The molecule has 1 heterocycles. The molecule has 1 saturated heterocycles. The zero-order chi connectivity index (χ0) is 17.0. The van der Waals surface area contributed by atoms with Crippen molar-refractivity contribution in [2.75, 3.05) is 40.3 Å². The maximum atomic E-state index is 13.5. The molecule has 0 unspecified atom stereocenters. The van der Waals surface area contributed by atoms with E-state index in [2.05, 4.69) is 5.32 Å². The van der Waals surface area contributed by atoms with Crippen LogP contribution in [0.25, 0.3) is 0 Å². The highest BCUT2D eigenvalue weighted by Crippen LogP contribution is 2.09. The van der Waals surface area contributed by atoms with Gasteiger partial charge in [0.1, 0.15) is 5.82 Å². The van der Waals surface area contributed by atoms with Gasteiger partial charge >= 0.3 is 12.1 Å². The smallest absolute Gasteiger partial charge is 0.319 e. The van der Waals surface area contributed by atoms with Crippen molar-refractivity contribution in [1.29, 1.82) is 0 Å². The lowest BCUT2D eigenvalue weighted by Crippen LogP contribution is -2.54. The van der Waals surface area contributed by atoms with Crippen molar-refractivity contribution < 1.29 is 14.0 Å². The van der Waals surface area contributed by atoms with Crippen LogP contribution in [0.15, 0.2) is 18.2 Å². The molecule has 0 saturated carbocycles. The maximum Gasteiger partial charge on any atom is 0.319 e. The van der Waals surface area contributed by atoms with E-state index in [9.17, 15) is 14.0 Å². The zero-order valence-corrected chi connectivity index (χ0v) is 13.8. The number of piperazine rings is 1. The quantitative estimate of drug-likeness (QED) is 0.900. The minimum absolute atomic E-state index is 0.0415. The maximum absolute atomic E-state index is 13.5. The summed E-state index contributed by atoms with van der Waals surface area (Å²) in [5, 5.41) is 2.79. The molecule has 7 heteroatoms. The Hall–Kier alpha value is -2.31. The predicted octanol–water partition coefficient (Wildman–Crippen LogP) is 1.64. The van der Waals surface area contributed by atoms with Crippen LogP contribution in [0, 0.1) is 12.7 Å². The number of carbonyl (C=O) groups excluding carboxylic acids is 2. The van der Waals surface area contributed by atoms with Gasteiger partial charge in [-0.2, -0.15) is 0 Å². The number of nitrogens with one attached hydrogen (secondary N) is 1. The largest absolute Gasteiger partial charge is 0.334 e. The molecule has 1 aliphatic heterocycles. The summed E-state index contributed by atoms with van der Waals surface area (Å²) in [4.78, 5) is 28.9. The van der Waals surface area contributed by atoms with E-state index >= 15 is 0 Å². The lowest BCUT2D eigenvalue weighted by atomic mass is 10.1. The number of urea groups is 2.